The molecule has 0 aliphatic carbocycles. The average molecular weight is 422 g/mol. The molecule has 162 valence electrons. The maximum absolute atomic E-state index is 12.5. The molecule has 0 bridgehead atoms. The SMILES string of the molecule is O=C(NCCC(=O)N1CCN(c2ccccn2)CC1)C1CC(=O)N(c2ccccc2)C1. The molecule has 2 aromatic rings. The van der Waals surface area contributed by atoms with Gasteiger partial charge in [-0.25, -0.2) is 4.98 Å². The van der Waals surface area contributed by atoms with Crippen molar-refractivity contribution in [2.75, 3.05) is 49.1 Å². The predicted molar refractivity (Wildman–Crippen MR) is 118 cm³/mol. The van der Waals surface area contributed by atoms with E-state index in [1.807, 2.05) is 53.4 Å². The fraction of sp³-hybridized carbons (Fsp3) is 0.391. The van der Waals surface area contributed by atoms with Gasteiger partial charge in [-0.1, -0.05) is 24.3 Å². The van der Waals surface area contributed by atoms with Crippen LogP contribution >= 0.6 is 0 Å². The maximum Gasteiger partial charge on any atom is 0.227 e. The second-order valence-electron chi connectivity index (χ2n) is 7.84. The third kappa shape index (κ3) is 5.02. The number of nitrogens with zero attached hydrogens (tertiary/aromatic N) is 4. The summed E-state index contributed by atoms with van der Waals surface area (Å²) in [5.41, 5.74) is 0.808. The van der Waals surface area contributed by atoms with Crippen LogP contribution in [0.25, 0.3) is 0 Å². The van der Waals surface area contributed by atoms with Crippen LogP contribution in [-0.2, 0) is 14.4 Å². The van der Waals surface area contributed by atoms with Crippen molar-refractivity contribution in [1.29, 1.82) is 0 Å². The number of carbonyl (C=O) groups is 3. The summed E-state index contributed by atoms with van der Waals surface area (Å²) in [6, 6.07) is 15.2. The van der Waals surface area contributed by atoms with Crippen molar-refractivity contribution in [3.8, 4) is 0 Å². The molecule has 1 aromatic heterocycles. The second kappa shape index (κ2) is 9.59. The Bertz CT molecular complexity index is 913. The first-order valence-corrected chi connectivity index (χ1v) is 10.7. The van der Waals surface area contributed by atoms with E-state index in [0.29, 0.717) is 19.6 Å². The second-order valence-corrected chi connectivity index (χ2v) is 7.84. The van der Waals surface area contributed by atoms with Crippen LogP contribution in [0.1, 0.15) is 12.8 Å². The van der Waals surface area contributed by atoms with E-state index in [-0.39, 0.29) is 43.0 Å². The van der Waals surface area contributed by atoms with E-state index in [9.17, 15) is 14.4 Å². The van der Waals surface area contributed by atoms with E-state index in [2.05, 4.69) is 15.2 Å². The van der Waals surface area contributed by atoms with Crippen molar-refractivity contribution in [1.82, 2.24) is 15.2 Å². The number of anilines is 2. The third-order valence-corrected chi connectivity index (χ3v) is 5.81. The quantitative estimate of drug-likeness (QED) is 0.760. The molecule has 1 N–H and O–H groups in total. The molecule has 4 rings (SSSR count). The predicted octanol–water partition coefficient (Wildman–Crippen LogP) is 1.29. The highest BCUT2D eigenvalue weighted by Crippen LogP contribution is 2.24. The van der Waals surface area contributed by atoms with Crippen LogP contribution in [0, 0.1) is 5.92 Å². The minimum atomic E-state index is -0.385. The maximum atomic E-state index is 12.5. The molecule has 3 amide bonds. The van der Waals surface area contributed by atoms with Crippen LogP contribution in [0.4, 0.5) is 11.5 Å². The van der Waals surface area contributed by atoms with Crippen molar-refractivity contribution in [2.24, 2.45) is 5.92 Å². The lowest BCUT2D eigenvalue weighted by Gasteiger charge is -2.35. The molecule has 2 aliphatic rings. The monoisotopic (exact) mass is 421 g/mol. The lowest BCUT2D eigenvalue weighted by molar-refractivity contribution is -0.131. The van der Waals surface area contributed by atoms with Gasteiger partial charge in [0, 0.05) is 64.0 Å². The summed E-state index contributed by atoms with van der Waals surface area (Å²) in [5, 5.41) is 2.84. The smallest absolute Gasteiger partial charge is 0.227 e. The number of pyridine rings is 1. The lowest BCUT2D eigenvalue weighted by atomic mass is 10.1. The van der Waals surface area contributed by atoms with E-state index in [1.165, 1.54) is 0 Å². The molecule has 8 nitrogen and oxygen atoms in total. The Kier molecular flexibility index (Phi) is 6.45. The van der Waals surface area contributed by atoms with Crippen LogP contribution in [-0.4, -0.2) is 66.9 Å². The number of benzene rings is 1. The average Bonchev–Trinajstić information content (AvgIpc) is 3.22. The number of carbonyl (C=O) groups excluding carboxylic acids is 3. The molecule has 0 spiro atoms. The van der Waals surface area contributed by atoms with E-state index in [0.717, 1.165) is 24.6 Å². The number of piperazine rings is 1. The van der Waals surface area contributed by atoms with Crippen LogP contribution in [0.15, 0.2) is 54.7 Å². The van der Waals surface area contributed by atoms with E-state index < -0.39 is 0 Å². The number of amides is 3. The Morgan fingerprint density at radius 1 is 1.00 bits per heavy atom. The van der Waals surface area contributed by atoms with Gasteiger partial charge in [-0.2, -0.15) is 0 Å². The number of para-hydroxylation sites is 1. The summed E-state index contributed by atoms with van der Waals surface area (Å²) in [5.74, 6) is 0.365. The zero-order chi connectivity index (χ0) is 21.6. The van der Waals surface area contributed by atoms with Crippen molar-refractivity contribution < 1.29 is 14.4 Å². The van der Waals surface area contributed by atoms with Crippen LogP contribution in [0.3, 0.4) is 0 Å². The summed E-state index contributed by atoms with van der Waals surface area (Å²) in [6.45, 7) is 3.44. The van der Waals surface area contributed by atoms with Gasteiger partial charge in [0.1, 0.15) is 5.82 Å². The van der Waals surface area contributed by atoms with Gasteiger partial charge in [-0.3, -0.25) is 14.4 Å². The van der Waals surface area contributed by atoms with Gasteiger partial charge in [0.25, 0.3) is 0 Å². The number of aromatic nitrogens is 1. The van der Waals surface area contributed by atoms with Crippen molar-refractivity contribution in [3.05, 3.63) is 54.7 Å². The van der Waals surface area contributed by atoms with Crippen molar-refractivity contribution in [3.63, 3.8) is 0 Å². The normalized spacial score (nSPS) is 18.9. The molecular weight excluding hydrogens is 394 g/mol. The first-order valence-electron chi connectivity index (χ1n) is 10.7. The Balaban J connectivity index is 1.19. The Morgan fingerprint density at radius 2 is 1.74 bits per heavy atom. The van der Waals surface area contributed by atoms with Gasteiger partial charge in [0.05, 0.1) is 5.92 Å². The number of nitrogens with one attached hydrogen (secondary N) is 1. The summed E-state index contributed by atoms with van der Waals surface area (Å²) in [6.07, 6.45) is 2.23. The zero-order valence-electron chi connectivity index (χ0n) is 17.4. The molecule has 2 fully saturated rings. The molecule has 1 aromatic carbocycles. The highest BCUT2D eigenvalue weighted by atomic mass is 16.2. The summed E-state index contributed by atoms with van der Waals surface area (Å²) in [7, 11) is 0. The summed E-state index contributed by atoms with van der Waals surface area (Å²) >= 11 is 0. The molecule has 0 saturated carbocycles. The summed E-state index contributed by atoms with van der Waals surface area (Å²) in [4.78, 5) is 47.3. The van der Waals surface area contributed by atoms with Gasteiger partial charge >= 0.3 is 0 Å². The van der Waals surface area contributed by atoms with Gasteiger partial charge in [-0.15, -0.1) is 0 Å². The van der Waals surface area contributed by atoms with E-state index in [1.54, 1.807) is 11.1 Å². The van der Waals surface area contributed by atoms with Crippen LogP contribution in [0.5, 0.6) is 0 Å². The fourth-order valence-electron chi connectivity index (χ4n) is 4.06. The third-order valence-electron chi connectivity index (χ3n) is 5.81. The van der Waals surface area contributed by atoms with Gasteiger partial charge < -0.3 is 20.0 Å². The fourth-order valence-corrected chi connectivity index (χ4v) is 4.06. The molecule has 8 heteroatoms. The van der Waals surface area contributed by atoms with E-state index >= 15 is 0 Å². The van der Waals surface area contributed by atoms with Crippen LogP contribution < -0.4 is 15.1 Å². The standard InChI is InChI=1S/C23H27N5O3/c29-21(27-14-12-26(13-15-27)20-8-4-5-10-24-20)9-11-25-23(31)18-16-22(30)28(17-18)19-6-2-1-3-7-19/h1-8,10,18H,9,11-17H2,(H,25,31). The Labute approximate surface area is 181 Å². The molecule has 1 unspecified atom stereocenters. The van der Waals surface area contributed by atoms with Crippen molar-refractivity contribution >= 4 is 29.2 Å². The highest BCUT2D eigenvalue weighted by Gasteiger charge is 2.35. The van der Waals surface area contributed by atoms with Gasteiger partial charge in [0.15, 0.2) is 0 Å². The first-order chi connectivity index (χ1) is 15.1. The highest BCUT2D eigenvalue weighted by molar-refractivity contribution is 6.00. The number of rotatable bonds is 6. The molecule has 3 heterocycles. The first kappa shape index (κ1) is 20.8. The summed E-state index contributed by atoms with van der Waals surface area (Å²) < 4.78 is 0. The zero-order valence-corrected chi connectivity index (χ0v) is 17.4. The largest absolute Gasteiger partial charge is 0.355 e. The minimum absolute atomic E-state index is 0.0365. The molecule has 1 atom stereocenters. The molecule has 2 aliphatic heterocycles. The lowest BCUT2D eigenvalue weighted by Crippen LogP contribution is -2.49. The Hall–Kier alpha value is -3.42. The molecule has 31 heavy (non-hydrogen) atoms. The van der Waals surface area contributed by atoms with E-state index in [4.69, 9.17) is 0 Å². The molecule has 2 saturated heterocycles. The van der Waals surface area contributed by atoms with Crippen molar-refractivity contribution in [2.45, 2.75) is 12.8 Å². The molecular formula is C23H27N5O3. The number of hydrogen-bond donors (Lipinski definition) is 1. The number of hydrogen-bond acceptors (Lipinski definition) is 5. The topological polar surface area (TPSA) is 85.9 Å². The van der Waals surface area contributed by atoms with Gasteiger partial charge in [-0.05, 0) is 24.3 Å². The Morgan fingerprint density at radius 3 is 2.45 bits per heavy atom. The van der Waals surface area contributed by atoms with Crippen LogP contribution in [0.2, 0.25) is 0 Å². The molecule has 0 radical (unpaired) electrons. The van der Waals surface area contributed by atoms with Gasteiger partial charge in [0.2, 0.25) is 17.7 Å². The minimum Gasteiger partial charge on any atom is -0.355 e.